The Balaban J connectivity index is 1.54. The standard InChI is InChI=1S/C22H22FN7O4S/c1-30-21(24)29-22(8-3-4-16(22)35(30,32)33)13-10-12(5-6-14(13)23)27-20(31)19-18-15(7-9-25-19)28-17(34-2)11-26-18/h5-7,9-11,16H,3-4,8H2,1-2H3,(H2,24,29)(H,27,31)/t16-,22-/m1/s1. The second-order valence-corrected chi connectivity index (χ2v) is 10.5. The highest BCUT2D eigenvalue weighted by atomic mass is 32.2. The number of halogens is 1. The summed E-state index contributed by atoms with van der Waals surface area (Å²) >= 11 is 0. The van der Waals surface area contributed by atoms with Gasteiger partial charge < -0.3 is 15.8 Å². The highest BCUT2D eigenvalue weighted by Crippen LogP contribution is 2.49. The number of sulfonamides is 1. The summed E-state index contributed by atoms with van der Waals surface area (Å²) in [6.07, 6.45) is 3.96. The highest BCUT2D eigenvalue weighted by Gasteiger charge is 2.56. The first-order valence-electron chi connectivity index (χ1n) is 10.8. The summed E-state index contributed by atoms with van der Waals surface area (Å²) in [6.45, 7) is 0. The van der Waals surface area contributed by atoms with Crippen LogP contribution in [0.4, 0.5) is 10.1 Å². The van der Waals surface area contributed by atoms with Crippen molar-refractivity contribution in [3.63, 3.8) is 0 Å². The molecule has 1 fully saturated rings. The number of methoxy groups -OCH3 is 1. The lowest BCUT2D eigenvalue weighted by Crippen LogP contribution is -2.55. The molecule has 35 heavy (non-hydrogen) atoms. The topological polar surface area (TPSA) is 153 Å². The van der Waals surface area contributed by atoms with E-state index in [1.165, 1.54) is 44.8 Å². The normalized spacial score (nSPS) is 23.0. The van der Waals surface area contributed by atoms with E-state index in [4.69, 9.17) is 10.5 Å². The first-order chi connectivity index (χ1) is 16.7. The number of carbonyl (C=O) groups excluding carboxylic acids is 1. The Hall–Kier alpha value is -3.87. The maximum absolute atomic E-state index is 15.1. The van der Waals surface area contributed by atoms with Crippen molar-refractivity contribution >= 4 is 38.6 Å². The Morgan fingerprint density at radius 3 is 2.89 bits per heavy atom. The zero-order chi connectivity index (χ0) is 25.0. The molecule has 2 atom stereocenters. The predicted molar refractivity (Wildman–Crippen MR) is 126 cm³/mol. The van der Waals surface area contributed by atoms with Crippen LogP contribution in [0.25, 0.3) is 11.0 Å². The molecule has 13 heteroatoms. The van der Waals surface area contributed by atoms with Crippen LogP contribution < -0.4 is 15.8 Å². The lowest BCUT2D eigenvalue weighted by atomic mass is 9.87. The second-order valence-electron chi connectivity index (χ2n) is 8.38. The molecule has 0 spiro atoms. The molecule has 0 radical (unpaired) electrons. The van der Waals surface area contributed by atoms with Crippen molar-refractivity contribution in [2.75, 3.05) is 19.5 Å². The Labute approximate surface area is 200 Å². The number of amides is 1. The lowest BCUT2D eigenvalue weighted by Gasteiger charge is -2.39. The van der Waals surface area contributed by atoms with Crippen LogP contribution in [-0.4, -0.2) is 58.9 Å². The van der Waals surface area contributed by atoms with Crippen LogP contribution >= 0.6 is 0 Å². The summed E-state index contributed by atoms with van der Waals surface area (Å²) in [5, 5.41) is 1.74. The van der Waals surface area contributed by atoms with Gasteiger partial charge in [0.25, 0.3) is 5.91 Å². The number of rotatable bonds is 4. The molecular weight excluding hydrogens is 477 g/mol. The summed E-state index contributed by atoms with van der Waals surface area (Å²) in [7, 11) is -1.04. The number of nitrogens with zero attached hydrogens (tertiary/aromatic N) is 5. The fraction of sp³-hybridized carbons (Fsp3) is 0.318. The van der Waals surface area contributed by atoms with Crippen molar-refractivity contribution in [2.45, 2.75) is 30.1 Å². The Morgan fingerprint density at radius 2 is 2.11 bits per heavy atom. The molecule has 2 aliphatic rings. The van der Waals surface area contributed by atoms with Gasteiger partial charge >= 0.3 is 0 Å². The number of aromatic nitrogens is 3. The number of aliphatic imine (C=N–C) groups is 1. The van der Waals surface area contributed by atoms with Crippen LogP contribution in [0.2, 0.25) is 0 Å². The van der Waals surface area contributed by atoms with Crippen molar-refractivity contribution in [3.05, 3.63) is 53.7 Å². The lowest BCUT2D eigenvalue weighted by molar-refractivity contribution is 0.102. The first kappa shape index (κ1) is 22.9. The third kappa shape index (κ3) is 3.53. The number of nitrogens with one attached hydrogen (secondary N) is 1. The number of carbonyl (C=O) groups is 1. The number of fused-ring (bicyclic) bond motifs is 2. The number of guanidine groups is 1. The van der Waals surface area contributed by atoms with E-state index in [1.54, 1.807) is 6.07 Å². The van der Waals surface area contributed by atoms with Gasteiger partial charge in [0.1, 0.15) is 22.1 Å². The van der Waals surface area contributed by atoms with Gasteiger partial charge in [-0.15, -0.1) is 0 Å². The fourth-order valence-corrected chi connectivity index (χ4v) is 6.70. The van der Waals surface area contributed by atoms with Crippen molar-refractivity contribution in [1.29, 1.82) is 0 Å². The first-order valence-corrected chi connectivity index (χ1v) is 12.3. The van der Waals surface area contributed by atoms with E-state index < -0.39 is 32.5 Å². The van der Waals surface area contributed by atoms with E-state index in [2.05, 4.69) is 25.3 Å². The van der Waals surface area contributed by atoms with Crippen LogP contribution in [0.1, 0.15) is 35.3 Å². The molecule has 3 aromatic rings. The highest BCUT2D eigenvalue weighted by molar-refractivity contribution is 7.90. The maximum atomic E-state index is 15.1. The van der Waals surface area contributed by atoms with Crippen LogP contribution in [0.3, 0.4) is 0 Å². The largest absolute Gasteiger partial charge is 0.480 e. The summed E-state index contributed by atoms with van der Waals surface area (Å²) < 4.78 is 47.2. The molecule has 182 valence electrons. The van der Waals surface area contributed by atoms with Crippen molar-refractivity contribution in [2.24, 2.45) is 10.7 Å². The van der Waals surface area contributed by atoms with Crippen molar-refractivity contribution in [3.8, 4) is 5.88 Å². The van der Waals surface area contributed by atoms with Gasteiger partial charge in [-0.1, -0.05) is 0 Å². The van der Waals surface area contributed by atoms with E-state index in [0.29, 0.717) is 24.8 Å². The quantitative estimate of drug-likeness (QED) is 0.551. The average molecular weight is 500 g/mol. The molecule has 0 unspecified atom stereocenters. The molecule has 1 amide bonds. The van der Waals surface area contributed by atoms with Gasteiger partial charge in [-0.2, -0.15) is 0 Å². The molecule has 3 N–H and O–H groups in total. The molecule has 1 aliphatic carbocycles. The van der Waals surface area contributed by atoms with Crippen LogP contribution in [0.15, 0.2) is 41.7 Å². The Bertz CT molecular complexity index is 1500. The van der Waals surface area contributed by atoms with Gasteiger partial charge in [0.2, 0.25) is 21.9 Å². The van der Waals surface area contributed by atoms with Crippen LogP contribution in [-0.2, 0) is 15.6 Å². The molecule has 0 saturated heterocycles. The monoisotopic (exact) mass is 499 g/mol. The third-order valence-corrected chi connectivity index (χ3v) is 8.78. The number of benzene rings is 1. The second kappa shape index (κ2) is 8.12. The minimum atomic E-state index is -3.83. The number of hydrogen-bond acceptors (Lipinski definition) is 9. The van der Waals surface area contributed by atoms with E-state index in [-0.39, 0.29) is 34.3 Å². The molecular formula is C22H22FN7O4S. The van der Waals surface area contributed by atoms with Gasteiger partial charge in [-0.3, -0.25) is 4.79 Å². The van der Waals surface area contributed by atoms with Gasteiger partial charge in [0, 0.05) is 24.5 Å². The number of anilines is 1. The Morgan fingerprint density at radius 1 is 1.31 bits per heavy atom. The number of nitrogens with two attached hydrogens (primary N) is 1. The SMILES string of the molecule is COc1cnc2c(C(=O)Nc3ccc(F)c([C@]45CCC[C@H]4S(=O)(=O)N(C)C(N)=N5)c3)nccc2n1. The number of hydrogen-bond donors (Lipinski definition) is 2. The maximum Gasteiger partial charge on any atom is 0.276 e. The zero-order valence-electron chi connectivity index (χ0n) is 18.9. The van der Waals surface area contributed by atoms with E-state index in [9.17, 15) is 13.2 Å². The molecule has 11 nitrogen and oxygen atoms in total. The van der Waals surface area contributed by atoms with Gasteiger partial charge in [-0.25, -0.2) is 37.1 Å². The molecule has 5 rings (SSSR count). The fourth-order valence-electron chi connectivity index (χ4n) is 4.76. The summed E-state index contributed by atoms with van der Waals surface area (Å²) in [5.41, 5.74) is 5.56. The van der Waals surface area contributed by atoms with Gasteiger partial charge in [0.05, 0.1) is 18.8 Å². The number of pyridine rings is 1. The van der Waals surface area contributed by atoms with Crippen LogP contribution in [0, 0.1) is 5.82 Å². The molecule has 2 aromatic heterocycles. The van der Waals surface area contributed by atoms with E-state index in [0.717, 1.165) is 4.31 Å². The van der Waals surface area contributed by atoms with Crippen LogP contribution in [0.5, 0.6) is 5.88 Å². The molecule has 3 heterocycles. The smallest absolute Gasteiger partial charge is 0.276 e. The molecule has 1 aromatic carbocycles. The third-order valence-electron chi connectivity index (χ3n) is 6.49. The summed E-state index contributed by atoms with van der Waals surface area (Å²) in [4.78, 5) is 30.1. The zero-order valence-corrected chi connectivity index (χ0v) is 19.7. The van der Waals surface area contributed by atoms with E-state index in [1.807, 2.05) is 0 Å². The van der Waals surface area contributed by atoms with Gasteiger partial charge in [0.15, 0.2) is 5.69 Å². The number of ether oxygens (including phenoxy) is 1. The Kier molecular flexibility index (Phi) is 5.31. The molecule has 1 saturated carbocycles. The average Bonchev–Trinajstić information content (AvgIpc) is 3.28. The minimum Gasteiger partial charge on any atom is -0.480 e. The molecule has 1 aliphatic heterocycles. The summed E-state index contributed by atoms with van der Waals surface area (Å²) in [5.74, 6) is -1.14. The van der Waals surface area contributed by atoms with Gasteiger partial charge in [-0.05, 0) is 43.5 Å². The van der Waals surface area contributed by atoms with Crippen molar-refractivity contribution < 1.29 is 22.3 Å². The van der Waals surface area contributed by atoms with E-state index >= 15 is 4.39 Å². The molecule has 0 bridgehead atoms. The minimum absolute atomic E-state index is 0.0181. The van der Waals surface area contributed by atoms with Crippen molar-refractivity contribution in [1.82, 2.24) is 19.3 Å². The predicted octanol–water partition coefficient (Wildman–Crippen LogP) is 1.76. The summed E-state index contributed by atoms with van der Waals surface area (Å²) in [6, 6.07) is 5.56.